The number of hydrogen-bond donors (Lipinski definition) is 0. The van der Waals surface area contributed by atoms with E-state index < -0.39 is 0 Å². The van der Waals surface area contributed by atoms with Crippen molar-refractivity contribution in [2.45, 2.75) is 46.7 Å². The van der Waals surface area contributed by atoms with Gasteiger partial charge in [-0.05, 0) is 44.9 Å². The van der Waals surface area contributed by atoms with Crippen molar-refractivity contribution < 1.29 is 4.79 Å². The molecule has 0 unspecified atom stereocenters. The zero-order valence-electron chi connectivity index (χ0n) is 15.9. The lowest BCUT2D eigenvalue weighted by Crippen LogP contribution is -2.41. The molecule has 0 N–H and O–H groups in total. The number of allylic oxidation sites excluding steroid dienone is 1. The van der Waals surface area contributed by atoms with Gasteiger partial charge in [-0.25, -0.2) is 0 Å². The molecular formula is C20H25N5O. The molecule has 0 saturated heterocycles. The smallest absolute Gasteiger partial charge is 0.254 e. The van der Waals surface area contributed by atoms with E-state index in [0.717, 1.165) is 40.6 Å². The number of nitrogens with zero attached hydrogens (tertiary/aromatic N) is 5. The lowest BCUT2D eigenvalue weighted by Gasteiger charge is -2.33. The largest absolute Gasteiger partial charge is 0.327 e. The second-order valence-corrected chi connectivity index (χ2v) is 6.69. The Morgan fingerprint density at radius 3 is 2.77 bits per heavy atom. The summed E-state index contributed by atoms with van der Waals surface area (Å²) in [6.45, 7) is 12.9. The highest BCUT2D eigenvalue weighted by Crippen LogP contribution is 2.26. The van der Waals surface area contributed by atoms with E-state index in [0.29, 0.717) is 13.1 Å². The summed E-state index contributed by atoms with van der Waals surface area (Å²) < 4.78 is 2.05. The van der Waals surface area contributed by atoms with Gasteiger partial charge in [-0.15, -0.1) is 10.2 Å². The van der Waals surface area contributed by atoms with Crippen molar-refractivity contribution >= 4 is 11.6 Å². The topological polar surface area (TPSA) is 63.4 Å². The quantitative estimate of drug-likeness (QED) is 0.793. The van der Waals surface area contributed by atoms with Crippen molar-refractivity contribution in [1.82, 2.24) is 19.7 Å². The molecule has 0 bridgehead atoms. The normalized spacial score (nSPS) is 17.2. The Morgan fingerprint density at radius 1 is 1.31 bits per heavy atom. The molecular weight excluding hydrogens is 326 g/mol. The molecule has 0 saturated carbocycles. The number of fused-ring (bicyclic) bond motifs is 1. The van der Waals surface area contributed by atoms with Crippen molar-refractivity contribution in [2.75, 3.05) is 6.54 Å². The van der Waals surface area contributed by atoms with E-state index in [9.17, 15) is 4.79 Å². The number of amides is 1. The molecule has 1 aliphatic rings. The SMILES string of the molecule is C=C(C)N=C(C)c1nnc2n1CCN(C(=O)c1cccc(CC)c1)[C@@H]2C. The maximum atomic E-state index is 13.0. The molecule has 0 fully saturated rings. The van der Waals surface area contributed by atoms with Crippen LogP contribution in [0.25, 0.3) is 0 Å². The van der Waals surface area contributed by atoms with Gasteiger partial charge in [0.1, 0.15) is 0 Å². The van der Waals surface area contributed by atoms with Crippen LogP contribution in [-0.2, 0) is 13.0 Å². The first-order chi connectivity index (χ1) is 12.4. The molecule has 2 heterocycles. The molecule has 6 nitrogen and oxygen atoms in total. The molecule has 6 heteroatoms. The molecule has 2 aromatic rings. The van der Waals surface area contributed by atoms with Crippen LogP contribution in [0.1, 0.15) is 61.3 Å². The minimum atomic E-state index is -0.139. The summed E-state index contributed by atoms with van der Waals surface area (Å²) in [6, 6.07) is 7.70. The maximum Gasteiger partial charge on any atom is 0.254 e. The van der Waals surface area contributed by atoms with Crippen LogP contribution in [0.2, 0.25) is 0 Å². The van der Waals surface area contributed by atoms with Crippen molar-refractivity contribution in [3.63, 3.8) is 0 Å². The molecule has 1 aromatic heterocycles. The Labute approximate surface area is 154 Å². The van der Waals surface area contributed by atoms with Gasteiger partial charge in [-0.1, -0.05) is 25.6 Å². The number of benzene rings is 1. The Bertz CT molecular complexity index is 880. The van der Waals surface area contributed by atoms with E-state index in [1.54, 1.807) is 0 Å². The highest BCUT2D eigenvalue weighted by molar-refractivity contribution is 5.96. The van der Waals surface area contributed by atoms with Gasteiger partial charge in [0.25, 0.3) is 5.91 Å². The maximum absolute atomic E-state index is 13.0. The van der Waals surface area contributed by atoms with E-state index in [1.807, 2.05) is 49.9 Å². The van der Waals surface area contributed by atoms with Crippen LogP contribution >= 0.6 is 0 Å². The molecule has 1 aliphatic heterocycles. The molecule has 1 amide bonds. The summed E-state index contributed by atoms with van der Waals surface area (Å²) in [5.74, 6) is 1.58. The average Bonchev–Trinajstić information content (AvgIpc) is 3.06. The van der Waals surface area contributed by atoms with E-state index >= 15 is 0 Å². The highest BCUT2D eigenvalue weighted by Gasteiger charge is 2.32. The molecule has 136 valence electrons. The van der Waals surface area contributed by atoms with Gasteiger partial charge in [-0.3, -0.25) is 9.79 Å². The van der Waals surface area contributed by atoms with E-state index in [4.69, 9.17) is 0 Å². The fourth-order valence-corrected chi connectivity index (χ4v) is 3.36. The predicted molar refractivity (Wildman–Crippen MR) is 102 cm³/mol. The van der Waals surface area contributed by atoms with Gasteiger partial charge in [0.15, 0.2) is 11.6 Å². The third-order valence-electron chi connectivity index (χ3n) is 4.71. The molecule has 0 aliphatic carbocycles. The molecule has 26 heavy (non-hydrogen) atoms. The third kappa shape index (κ3) is 3.31. The standard InChI is InChI=1S/C20H25N5O/c1-6-16-8-7-9-17(12-16)20(26)24-10-11-25-18(14(4)21-13(2)3)22-23-19(25)15(24)5/h7-9,12,15H,2,6,10-11H2,1,3-5H3/t15-/m1/s1. The fraction of sp³-hybridized carbons (Fsp3) is 0.400. The zero-order valence-corrected chi connectivity index (χ0v) is 15.9. The summed E-state index contributed by atoms with van der Waals surface area (Å²) in [7, 11) is 0. The Hall–Kier alpha value is -2.76. The lowest BCUT2D eigenvalue weighted by molar-refractivity contribution is 0.0637. The first-order valence-corrected chi connectivity index (χ1v) is 8.96. The van der Waals surface area contributed by atoms with Crippen molar-refractivity contribution in [3.05, 3.63) is 59.3 Å². The van der Waals surface area contributed by atoms with Crippen molar-refractivity contribution in [2.24, 2.45) is 4.99 Å². The molecule has 0 spiro atoms. The molecule has 0 radical (unpaired) electrons. The fourth-order valence-electron chi connectivity index (χ4n) is 3.36. The number of aryl methyl sites for hydroxylation is 1. The molecule has 3 rings (SSSR count). The van der Waals surface area contributed by atoms with Crippen LogP contribution in [0.15, 0.2) is 41.5 Å². The monoisotopic (exact) mass is 351 g/mol. The Kier molecular flexibility index (Phi) is 5.02. The zero-order chi connectivity index (χ0) is 18.8. The van der Waals surface area contributed by atoms with E-state index in [2.05, 4.69) is 33.3 Å². The summed E-state index contributed by atoms with van der Waals surface area (Å²) in [6.07, 6.45) is 0.912. The van der Waals surface area contributed by atoms with Gasteiger partial charge in [-0.2, -0.15) is 0 Å². The van der Waals surface area contributed by atoms with Gasteiger partial charge < -0.3 is 9.47 Å². The minimum absolute atomic E-state index is 0.0379. The number of carbonyl (C=O) groups is 1. The van der Waals surface area contributed by atoms with Crippen LogP contribution in [0.3, 0.4) is 0 Å². The van der Waals surface area contributed by atoms with Crippen LogP contribution in [0.5, 0.6) is 0 Å². The van der Waals surface area contributed by atoms with E-state index in [1.165, 1.54) is 0 Å². The van der Waals surface area contributed by atoms with Crippen LogP contribution in [-0.4, -0.2) is 37.8 Å². The Balaban J connectivity index is 1.88. The van der Waals surface area contributed by atoms with Crippen LogP contribution in [0, 0.1) is 0 Å². The Morgan fingerprint density at radius 2 is 2.08 bits per heavy atom. The summed E-state index contributed by atoms with van der Waals surface area (Å²) in [5, 5.41) is 8.63. The predicted octanol–water partition coefficient (Wildman–Crippen LogP) is 3.40. The minimum Gasteiger partial charge on any atom is -0.327 e. The number of hydrogen-bond acceptors (Lipinski definition) is 4. The summed E-state index contributed by atoms with van der Waals surface area (Å²) in [5.41, 5.74) is 3.41. The van der Waals surface area contributed by atoms with Crippen LogP contribution < -0.4 is 0 Å². The second kappa shape index (κ2) is 7.23. The van der Waals surface area contributed by atoms with Crippen molar-refractivity contribution in [1.29, 1.82) is 0 Å². The third-order valence-corrected chi connectivity index (χ3v) is 4.71. The number of aromatic nitrogens is 3. The lowest BCUT2D eigenvalue weighted by atomic mass is 10.1. The molecule has 1 atom stereocenters. The van der Waals surface area contributed by atoms with Gasteiger partial charge >= 0.3 is 0 Å². The second-order valence-electron chi connectivity index (χ2n) is 6.69. The average molecular weight is 351 g/mol. The van der Waals surface area contributed by atoms with Crippen LogP contribution in [0.4, 0.5) is 0 Å². The van der Waals surface area contributed by atoms with E-state index in [-0.39, 0.29) is 11.9 Å². The molecule has 1 aromatic carbocycles. The first-order valence-electron chi connectivity index (χ1n) is 8.96. The number of aliphatic imine (C=N–C) groups is 1. The number of rotatable bonds is 4. The van der Waals surface area contributed by atoms with Gasteiger partial charge in [0.2, 0.25) is 0 Å². The first kappa shape index (κ1) is 18.0. The van der Waals surface area contributed by atoms with Crippen molar-refractivity contribution in [3.8, 4) is 0 Å². The van der Waals surface area contributed by atoms with Gasteiger partial charge in [0.05, 0.1) is 11.8 Å². The number of carbonyl (C=O) groups excluding carboxylic acids is 1. The summed E-state index contributed by atoms with van der Waals surface area (Å²) in [4.78, 5) is 19.3. The summed E-state index contributed by atoms with van der Waals surface area (Å²) >= 11 is 0. The highest BCUT2D eigenvalue weighted by atomic mass is 16.2. The van der Waals surface area contributed by atoms with Gasteiger partial charge in [0, 0.05) is 24.4 Å².